The van der Waals surface area contributed by atoms with E-state index in [9.17, 15) is 5.11 Å². The molecule has 1 aromatic rings. The van der Waals surface area contributed by atoms with Crippen molar-refractivity contribution in [2.45, 2.75) is 25.7 Å². The van der Waals surface area contributed by atoms with Gasteiger partial charge < -0.3 is 5.11 Å². The van der Waals surface area contributed by atoms with Crippen LogP contribution in [0.2, 0.25) is 0 Å². The molecule has 0 aromatic carbocycles. The Balaban J connectivity index is 2.45. The summed E-state index contributed by atoms with van der Waals surface area (Å²) in [4.78, 5) is 1.41. The summed E-state index contributed by atoms with van der Waals surface area (Å²) in [6.07, 6.45) is 4.81. The molecule has 0 aliphatic heterocycles. The van der Waals surface area contributed by atoms with Crippen LogP contribution in [0.15, 0.2) is 5.38 Å². The summed E-state index contributed by atoms with van der Waals surface area (Å²) in [5.74, 6) is 0.528. The van der Waals surface area contributed by atoms with Gasteiger partial charge in [0.05, 0.1) is 0 Å². The first-order chi connectivity index (χ1) is 4.88. The SMILES string of the molecule is Oc1csc2c1CCCC2. The maximum absolute atomic E-state index is 9.31. The molecule has 1 aromatic heterocycles. The largest absolute Gasteiger partial charge is 0.507 e. The molecule has 0 fully saturated rings. The van der Waals surface area contributed by atoms with E-state index in [0.29, 0.717) is 5.75 Å². The van der Waals surface area contributed by atoms with E-state index in [1.165, 1.54) is 29.7 Å². The molecule has 1 aliphatic carbocycles. The second-order valence-corrected chi connectivity index (χ2v) is 3.69. The highest BCUT2D eigenvalue weighted by atomic mass is 32.1. The Bertz CT molecular complexity index is 239. The van der Waals surface area contributed by atoms with Gasteiger partial charge in [-0.3, -0.25) is 0 Å². The Morgan fingerprint density at radius 2 is 2.10 bits per heavy atom. The molecule has 1 N–H and O–H groups in total. The Kier molecular flexibility index (Phi) is 1.42. The van der Waals surface area contributed by atoms with Gasteiger partial charge in [-0.1, -0.05) is 0 Å². The quantitative estimate of drug-likeness (QED) is 0.608. The molecule has 1 heterocycles. The van der Waals surface area contributed by atoms with Crippen molar-refractivity contribution in [2.24, 2.45) is 0 Å². The van der Waals surface area contributed by atoms with E-state index in [1.54, 1.807) is 11.3 Å². The van der Waals surface area contributed by atoms with Crippen molar-refractivity contribution in [1.82, 2.24) is 0 Å². The molecule has 0 amide bonds. The fraction of sp³-hybridized carbons (Fsp3) is 0.500. The molecule has 1 aliphatic rings. The van der Waals surface area contributed by atoms with E-state index in [-0.39, 0.29) is 0 Å². The highest BCUT2D eigenvalue weighted by Gasteiger charge is 2.14. The molecule has 0 bridgehead atoms. The highest BCUT2D eigenvalue weighted by Crippen LogP contribution is 2.33. The lowest BCUT2D eigenvalue weighted by Crippen LogP contribution is -1.97. The Morgan fingerprint density at radius 1 is 1.30 bits per heavy atom. The predicted octanol–water partition coefficient (Wildman–Crippen LogP) is 2.33. The minimum atomic E-state index is 0.528. The number of rotatable bonds is 0. The summed E-state index contributed by atoms with van der Waals surface area (Å²) in [6, 6.07) is 0. The summed E-state index contributed by atoms with van der Waals surface area (Å²) in [7, 11) is 0. The van der Waals surface area contributed by atoms with Gasteiger partial charge in [0.25, 0.3) is 0 Å². The third kappa shape index (κ3) is 0.833. The van der Waals surface area contributed by atoms with Crippen LogP contribution in [0.4, 0.5) is 0 Å². The number of fused-ring (bicyclic) bond motifs is 1. The van der Waals surface area contributed by atoms with Crippen LogP contribution in [-0.2, 0) is 12.8 Å². The molecule has 0 atom stereocenters. The predicted molar refractivity (Wildman–Crippen MR) is 42.6 cm³/mol. The molecule has 2 rings (SSSR count). The topological polar surface area (TPSA) is 20.2 Å². The van der Waals surface area contributed by atoms with Gasteiger partial charge in [-0.05, 0) is 25.7 Å². The molecule has 10 heavy (non-hydrogen) atoms. The normalized spacial score (nSPS) is 16.8. The van der Waals surface area contributed by atoms with Gasteiger partial charge in [0.1, 0.15) is 5.75 Å². The fourth-order valence-corrected chi connectivity index (χ4v) is 2.48. The summed E-state index contributed by atoms with van der Waals surface area (Å²) in [5.41, 5.74) is 1.22. The van der Waals surface area contributed by atoms with Crippen molar-refractivity contribution in [1.29, 1.82) is 0 Å². The van der Waals surface area contributed by atoms with Gasteiger partial charge >= 0.3 is 0 Å². The molecule has 1 nitrogen and oxygen atoms in total. The van der Waals surface area contributed by atoms with E-state index < -0.39 is 0 Å². The summed E-state index contributed by atoms with van der Waals surface area (Å²) < 4.78 is 0. The van der Waals surface area contributed by atoms with Crippen LogP contribution < -0.4 is 0 Å². The zero-order valence-electron chi connectivity index (χ0n) is 5.76. The van der Waals surface area contributed by atoms with Crippen LogP contribution in [0.1, 0.15) is 23.3 Å². The van der Waals surface area contributed by atoms with E-state index in [0.717, 1.165) is 6.42 Å². The smallest absolute Gasteiger partial charge is 0.129 e. The van der Waals surface area contributed by atoms with E-state index >= 15 is 0 Å². The van der Waals surface area contributed by atoms with Gasteiger partial charge in [-0.15, -0.1) is 11.3 Å². The van der Waals surface area contributed by atoms with Gasteiger partial charge in [0, 0.05) is 15.8 Å². The Hall–Kier alpha value is -0.500. The fourth-order valence-electron chi connectivity index (χ4n) is 1.48. The lowest BCUT2D eigenvalue weighted by atomic mass is 9.99. The van der Waals surface area contributed by atoms with Crippen LogP contribution in [-0.4, -0.2) is 5.11 Å². The third-order valence-electron chi connectivity index (χ3n) is 2.04. The maximum Gasteiger partial charge on any atom is 0.129 e. The number of thiophene rings is 1. The molecule has 0 saturated heterocycles. The summed E-state index contributed by atoms with van der Waals surface area (Å²) >= 11 is 1.70. The van der Waals surface area contributed by atoms with Gasteiger partial charge in [0.15, 0.2) is 0 Å². The Morgan fingerprint density at radius 3 is 2.90 bits per heavy atom. The second-order valence-electron chi connectivity index (χ2n) is 2.73. The minimum Gasteiger partial charge on any atom is -0.507 e. The van der Waals surface area contributed by atoms with Crippen LogP contribution in [0, 0.1) is 0 Å². The average molecular weight is 154 g/mol. The lowest BCUT2D eigenvalue weighted by molar-refractivity contribution is 0.466. The zero-order chi connectivity index (χ0) is 6.97. The summed E-state index contributed by atoms with van der Waals surface area (Å²) in [5, 5.41) is 11.2. The first kappa shape index (κ1) is 6.23. The van der Waals surface area contributed by atoms with Crippen molar-refractivity contribution in [3.05, 3.63) is 15.8 Å². The van der Waals surface area contributed by atoms with Crippen LogP contribution in [0.3, 0.4) is 0 Å². The summed E-state index contributed by atoms with van der Waals surface area (Å²) in [6.45, 7) is 0. The Labute approximate surface area is 64.3 Å². The highest BCUT2D eigenvalue weighted by molar-refractivity contribution is 7.10. The monoisotopic (exact) mass is 154 g/mol. The number of hydrogen-bond acceptors (Lipinski definition) is 2. The zero-order valence-corrected chi connectivity index (χ0v) is 6.58. The third-order valence-corrected chi connectivity index (χ3v) is 3.12. The molecule has 0 saturated carbocycles. The van der Waals surface area contributed by atoms with E-state index in [4.69, 9.17) is 0 Å². The maximum atomic E-state index is 9.31. The van der Waals surface area contributed by atoms with E-state index in [1.807, 2.05) is 5.38 Å². The van der Waals surface area contributed by atoms with E-state index in [2.05, 4.69) is 0 Å². The van der Waals surface area contributed by atoms with Gasteiger partial charge in [-0.25, -0.2) is 0 Å². The van der Waals surface area contributed by atoms with Crippen molar-refractivity contribution >= 4 is 11.3 Å². The van der Waals surface area contributed by atoms with Crippen LogP contribution in [0.25, 0.3) is 0 Å². The van der Waals surface area contributed by atoms with Crippen LogP contribution in [0.5, 0.6) is 5.75 Å². The number of aryl methyl sites for hydroxylation is 1. The van der Waals surface area contributed by atoms with Crippen molar-refractivity contribution in [3.63, 3.8) is 0 Å². The molecule has 2 heteroatoms. The molecule has 0 spiro atoms. The molecular formula is C8H10OS. The standard InChI is InChI=1S/C8H10OS/c9-7-5-10-8-4-2-1-3-6(7)8/h5,9H,1-4H2. The van der Waals surface area contributed by atoms with Gasteiger partial charge in [-0.2, -0.15) is 0 Å². The first-order valence-electron chi connectivity index (χ1n) is 3.66. The first-order valence-corrected chi connectivity index (χ1v) is 4.54. The van der Waals surface area contributed by atoms with Crippen molar-refractivity contribution < 1.29 is 5.11 Å². The minimum absolute atomic E-state index is 0.528. The average Bonchev–Trinajstić information content (AvgIpc) is 2.34. The number of aromatic hydroxyl groups is 1. The number of hydrogen-bond donors (Lipinski definition) is 1. The van der Waals surface area contributed by atoms with Crippen molar-refractivity contribution in [2.75, 3.05) is 0 Å². The lowest BCUT2D eigenvalue weighted by Gasteiger charge is -2.09. The van der Waals surface area contributed by atoms with Crippen LogP contribution >= 0.6 is 11.3 Å². The second kappa shape index (κ2) is 2.27. The van der Waals surface area contributed by atoms with Crippen molar-refractivity contribution in [3.8, 4) is 5.75 Å². The van der Waals surface area contributed by atoms with Gasteiger partial charge in [0.2, 0.25) is 0 Å². The molecule has 0 radical (unpaired) electrons. The molecular weight excluding hydrogens is 144 g/mol. The molecule has 54 valence electrons. The molecule has 0 unspecified atom stereocenters.